The number of nitrogen functional groups attached to an aromatic ring is 1. The summed E-state index contributed by atoms with van der Waals surface area (Å²) in [6, 6.07) is 2.18. The average molecular weight is 286 g/mol. The third-order valence-corrected chi connectivity index (χ3v) is 3.82. The van der Waals surface area contributed by atoms with Crippen LogP contribution in [0.4, 0.5) is 14.6 Å². The first-order valence-electron chi connectivity index (χ1n) is 7.13. The van der Waals surface area contributed by atoms with Gasteiger partial charge in [0.05, 0.1) is 12.6 Å². The normalized spacial score (nSPS) is 18.9. The van der Waals surface area contributed by atoms with E-state index in [1.807, 2.05) is 15.6 Å². The molecule has 0 amide bonds. The quantitative estimate of drug-likeness (QED) is 0.929. The van der Waals surface area contributed by atoms with Crippen LogP contribution in [0.2, 0.25) is 0 Å². The van der Waals surface area contributed by atoms with Gasteiger partial charge in [-0.3, -0.25) is 9.58 Å². The molecule has 0 radical (unpaired) electrons. The zero-order chi connectivity index (χ0) is 14.9. The van der Waals surface area contributed by atoms with Gasteiger partial charge in [-0.15, -0.1) is 0 Å². The van der Waals surface area contributed by atoms with Gasteiger partial charge < -0.3 is 5.73 Å². The van der Waals surface area contributed by atoms with Gasteiger partial charge in [0, 0.05) is 30.3 Å². The maximum atomic E-state index is 12.4. The molecule has 1 aromatic rings. The van der Waals surface area contributed by atoms with E-state index in [4.69, 9.17) is 5.73 Å². The molecule has 0 unspecified atom stereocenters. The molecule has 4 nitrogen and oxygen atoms in total. The van der Waals surface area contributed by atoms with Crippen molar-refractivity contribution in [1.82, 2.24) is 14.7 Å². The maximum Gasteiger partial charge on any atom is 0.251 e. The van der Waals surface area contributed by atoms with Crippen molar-refractivity contribution in [3.05, 3.63) is 11.8 Å². The van der Waals surface area contributed by atoms with E-state index in [1.54, 1.807) is 0 Å². The fourth-order valence-electron chi connectivity index (χ4n) is 2.79. The summed E-state index contributed by atoms with van der Waals surface area (Å²) in [4.78, 5) is 1.82. The smallest absolute Gasteiger partial charge is 0.251 e. The molecule has 0 atom stereocenters. The summed E-state index contributed by atoms with van der Waals surface area (Å²) in [5.74, 6) is 0.532. The van der Waals surface area contributed by atoms with Crippen LogP contribution in [0.1, 0.15) is 45.3 Å². The minimum absolute atomic E-state index is 0.0231. The number of likely N-dealkylation sites (tertiary alicyclic amines) is 1. The number of aromatic nitrogens is 2. The van der Waals surface area contributed by atoms with Crippen molar-refractivity contribution in [2.24, 2.45) is 0 Å². The van der Waals surface area contributed by atoms with Crippen LogP contribution in [0.5, 0.6) is 0 Å². The first-order valence-corrected chi connectivity index (χ1v) is 7.13. The lowest BCUT2D eigenvalue weighted by Crippen LogP contribution is -2.38. The van der Waals surface area contributed by atoms with Crippen LogP contribution in [0, 0.1) is 0 Å². The van der Waals surface area contributed by atoms with Crippen molar-refractivity contribution in [2.75, 3.05) is 25.4 Å². The predicted octanol–water partition coefficient (Wildman–Crippen LogP) is 2.66. The molecule has 1 saturated heterocycles. The monoisotopic (exact) mass is 286 g/mol. The van der Waals surface area contributed by atoms with Gasteiger partial charge in [-0.2, -0.15) is 5.10 Å². The molecule has 2 rings (SSSR count). The largest absolute Gasteiger partial charge is 0.382 e. The van der Waals surface area contributed by atoms with E-state index in [1.165, 1.54) is 0 Å². The van der Waals surface area contributed by atoms with Crippen LogP contribution >= 0.6 is 0 Å². The lowest BCUT2D eigenvalue weighted by molar-refractivity contribution is 0.0684. The second kappa shape index (κ2) is 5.68. The van der Waals surface area contributed by atoms with Gasteiger partial charge in [-0.1, -0.05) is 20.8 Å². The van der Waals surface area contributed by atoms with Crippen LogP contribution < -0.4 is 5.73 Å². The molecular formula is C14H24F2N4. The molecule has 114 valence electrons. The second-order valence-corrected chi connectivity index (χ2v) is 6.57. The van der Waals surface area contributed by atoms with Gasteiger partial charge in [0.15, 0.2) is 0 Å². The van der Waals surface area contributed by atoms with Gasteiger partial charge in [0.2, 0.25) is 0 Å². The van der Waals surface area contributed by atoms with Gasteiger partial charge in [-0.25, -0.2) is 8.78 Å². The Kier molecular flexibility index (Phi) is 4.32. The fourth-order valence-corrected chi connectivity index (χ4v) is 2.79. The van der Waals surface area contributed by atoms with E-state index in [0.29, 0.717) is 18.9 Å². The molecule has 2 N–H and O–H groups in total. The molecule has 1 fully saturated rings. The van der Waals surface area contributed by atoms with Crippen molar-refractivity contribution in [1.29, 1.82) is 0 Å². The van der Waals surface area contributed by atoms with Crippen molar-refractivity contribution in [3.8, 4) is 0 Å². The second-order valence-electron chi connectivity index (χ2n) is 6.57. The molecule has 0 aliphatic carbocycles. The van der Waals surface area contributed by atoms with Crippen molar-refractivity contribution in [3.63, 3.8) is 0 Å². The van der Waals surface area contributed by atoms with Gasteiger partial charge in [-0.05, 0) is 12.8 Å². The SMILES string of the molecule is CC(C)(C)c1cc(N)nn1C1CCN(CC(F)F)CC1. The number of nitrogens with two attached hydrogens (primary N) is 1. The zero-order valence-corrected chi connectivity index (χ0v) is 12.4. The molecule has 0 bridgehead atoms. The summed E-state index contributed by atoms with van der Waals surface area (Å²) >= 11 is 0. The van der Waals surface area contributed by atoms with E-state index in [2.05, 4.69) is 25.9 Å². The number of anilines is 1. The lowest BCUT2D eigenvalue weighted by atomic mass is 9.91. The van der Waals surface area contributed by atoms with E-state index in [9.17, 15) is 8.78 Å². The van der Waals surface area contributed by atoms with Crippen LogP contribution in [0.15, 0.2) is 6.07 Å². The zero-order valence-electron chi connectivity index (χ0n) is 12.4. The number of alkyl halides is 2. The highest BCUT2D eigenvalue weighted by Gasteiger charge is 2.28. The third kappa shape index (κ3) is 3.48. The number of rotatable bonds is 3. The number of hydrogen-bond donors (Lipinski definition) is 1. The Bertz CT molecular complexity index is 443. The van der Waals surface area contributed by atoms with Crippen molar-refractivity contribution in [2.45, 2.75) is 51.5 Å². The Hall–Kier alpha value is -1.17. The first-order chi connectivity index (χ1) is 9.27. The lowest BCUT2D eigenvalue weighted by Gasteiger charge is -2.34. The Labute approximate surface area is 118 Å². The predicted molar refractivity (Wildman–Crippen MR) is 76.1 cm³/mol. The highest BCUT2D eigenvalue weighted by Crippen LogP contribution is 2.31. The summed E-state index contributed by atoms with van der Waals surface area (Å²) in [7, 11) is 0. The Morgan fingerprint density at radius 1 is 1.35 bits per heavy atom. The summed E-state index contributed by atoms with van der Waals surface area (Å²) in [6.45, 7) is 7.65. The topological polar surface area (TPSA) is 47.1 Å². The fraction of sp³-hybridized carbons (Fsp3) is 0.786. The molecule has 0 spiro atoms. The Morgan fingerprint density at radius 3 is 2.45 bits per heavy atom. The summed E-state index contributed by atoms with van der Waals surface area (Å²) in [5.41, 5.74) is 6.92. The summed E-state index contributed by atoms with van der Waals surface area (Å²) in [6.07, 6.45) is -0.564. The molecule has 6 heteroatoms. The molecule has 2 heterocycles. The summed E-state index contributed by atoms with van der Waals surface area (Å²) < 4.78 is 26.8. The van der Waals surface area contributed by atoms with Crippen LogP contribution in [0.3, 0.4) is 0 Å². The molecular weight excluding hydrogens is 262 g/mol. The minimum atomic E-state index is -2.25. The van der Waals surface area contributed by atoms with Crippen molar-refractivity contribution < 1.29 is 8.78 Å². The number of hydrogen-bond acceptors (Lipinski definition) is 3. The minimum Gasteiger partial charge on any atom is -0.382 e. The Morgan fingerprint density at radius 2 is 1.95 bits per heavy atom. The number of piperidine rings is 1. The first kappa shape index (κ1) is 15.2. The van der Waals surface area contributed by atoms with Crippen LogP contribution in [-0.2, 0) is 5.41 Å². The number of halogens is 2. The van der Waals surface area contributed by atoms with Gasteiger partial charge >= 0.3 is 0 Å². The van der Waals surface area contributed by atoms with E-state index in [0.717, 1.165) is 18.5 Å². The maximum absolute atomic E-state index is 12.4. The molecule has 1 aliphatic heterocycles. The highest BCUT2D eigenvalue weighted by molar-refractivity contribution is 5.33. The highest BCUT2D eigenvalue weighted by atomic mass is 19.3. The van der Waals surface area contributed by atoms with Crippen LogP contribution in [-0.4, -0.2) is 40.7 Å². The van der Waals surface area contributed by atoms with Gasteiger partial charge in [0.25, 0.3) is 6.43 Å². The summed E-state index contributed by atoms with van der Waals surface area (Å²) in [5, 5.41) is 4.41. The van der Waals surface area contributed by atoms with Crippen molar-refractivity contribution >= 4 is 5.82 Å². The van der Waals surface area contributed by atoms with Gasteiger partial charge in [0.1, 0.15) is 5.82 Å². The van der Waals surface area contributed by atoms with E-state index < -0.39 is 6.43 Å². The molecule has 20 heavy (non-hydrogen) atoms. The number of nitrogens with zero attached hydrogens (tertiary/aromatic N) is 3. The van der Waals surface area contributed by atoms with E-state index in [-0.39, 0.29) is 18.0 Å². The molecule has 0 aromatic carbocycles. The molecule has 0 saturated carbocycles. The molecule has 1 aliphatic rings. The third-order valence-electron chi connectivity index (χ3n) is 3.82. The van der Waals surface area contributed by atoms with Crippen LogP contribution in [0.25, 0.3) is 0 Å². The standard InChI is InChI=1S/C14H24F2N4/c1-14(2,3)11-8-13(17)18-20(11)10-4-6-19(7-5-10)9-12(15)16/h8,10,12H,4-7,9H2,1-3H3,(H2,17,18). The Balaban J connectivity index is 2.07. The van der Waals surface area contributed by atoms with E-state index >= 15 is 0 Å². The molecule has 1 aromatic heterocycles. The average Bonchev–Trinajstić information content (AvgIpc) is 2.71.